The van der Waals surface area contributed by atoms with Gasteiger partial charge in [-0.25, -0.2) is 4.99 Å². The normalized spacial score (nSPS) is 17.0. The zero-order valence-corrected chi connectivity index (χ0v) is 16.6. The van der Waals surface area contributed by atoms with Gasteiger partial charge in [0, 0.05) is 24.3 Å². The molecular formula is C25H25N3O. The molecule has 3 aromatic carbocycles. The van der Waals surface area contributed by atoms with Gasteiger partial charge < -0.3 is 15.0 Å². The second-order valence-electron chi connectivity index (χ2n) is 7.73. The van der Waals surface area contributed by atoms with Crippen molar-refractivity contribution in [1.29, 1.82) is 0 Å². The van der Waals surface area contributed by atoms with Gasteiger partial charge in [0.1, 0.15) is 5.75 Å². The molecule has 0 bridgehead atoms. The number of nitrogens with one attached hydrogen (secondary N) is 1. The van der Waals surface area contributed by atoms with E-state index in [2.05, 4.69) is 70.9 Å². The van der Waals surface area contributed by atoms with E-state index < -0.39 is 0 Å². The molecule has 4 heteroatoms. The molecule has 3 aromatic rings. The van der Waals surface area contributed by atoms with Crippen molar-refractivity contribution >= 4 is 11.6 Å². The van der Waals surface area contributed by atoms with E-state index in [1.807, 2.05) is 12.1 Å². The summed E-state index contributed by atoms with van der Waals surface area (Å²) in [4.78, 5) is 7.49. The van der Waals surface area contributed by atoms with E-state index in [1.165, 1.54) is 22.3 Å². The standard InChI is InChI=1S/C25H25N3O/c1-29-24-13-7-5-11-21(24)17-28-16-20-10-4-6-12-23(20)27-25(28)26-22-14-18-8-2-3-9-19(18)15-22/h2-13,22H,14-17H2,1H3,(H,26,27). The van der Waals surface area contributed by atoms with Crippen LogP contribution in [0.25, 0.3) is 0 Å². The van der Waals surface area contributed by atoms with Gasteiger partial charge in [-0.1, -0.05) is 60.7 Å². The monoisotopic (exact) mass is 383 g/mol. The van der Waals surface area contributed by atoms with E-state index in [-0.39, 0.29) is 6.04 Å². The SMILES string of the molecule is COc1ccccc1CN1Cc2ccccc2NC1=NC1Cc2ccccc2C1. The van der Waals surface area contributed by atoms with Crippen LogP contribution >= 0.6 is 0 Å². The molecule has 0 fully saturated rings. The molecule has 0 saturated carbocycles. The lowest BCUT2D eigenvalue weighted by Crippen LogP contribution is -2.40. The summed E-state index contributed by atoms with van der Waals surface area (Å²) in [6.45, 7) is 1.59. The lowest BCUT2D eigenvalue weighted by atomic mass is 10.1. The number of aliphatic imine (C=N–C) groups is 1. The molecule has 0 spiro atoms. The van der Waals surface area contributed by atoms with Crippen LogP contribution in [0.1, 0.15) is 22.3 Å². The molecule has 146 valence electrons. The highest BCUT2D eigenvalue weighted by molar-refractivity contribution is 5.96. The highest BCUT2D eigenvalue weighted by atomic mass is 16.5. The third-order valence-corrected chi connectivity index (χ3v) is 5.81. The summed E-state index contributed by atoms with van der Waals surface area (Å²) in [7, 11) is 1.73. The maximum atomic E-state index is 5.58. The number of anilines is 1. The lowest BCUT2D eigenvalue weighted by Gasteiger charge is -2.33. The van der Waals surface area contributed by atoms with Gasteiger partial charge in [0.25, 0.3) is 0 Å². The molecule has 1 aliphatic heterocycles. The molecule has 2 aliphatic rings. The van der Waals surface area contributed by atoms with Crippen LogP contribution < -0.4 is 10.1 Å². The van der Waals surface area contributed by atoms with Gasteiger partial charge in [0.05, 0.1) is 13.2 Å². The van der Waals surface area contributed by atoms with Gasteiger partial charge in [0.2, 0.25) is 0 Å². The molecular weight excluding hydrogens is 358 g/mol. The first kappa shape index (κ1) is 17.8. The molecule has 1 aliphatic carbocycles. The van der Waals surface area contributed by atoms with Gasteiger partial charge in [-0.2, -0.15) is 0 Å². The first-order chi connectivity index (χ1) is 14.3. The van der Waals surface area contributed by atoms with Crippen LogP contribution in [0.15, 0.2) is 77.8 Å². The molecule has 1 N–H and O–H groups in total. The number of methoxy groups -OCH3 is 1. The molecule has 5 rings (SSSR count). The number of hydrogen-bond acceptors (Lipinski definition) is 2. The fourth-order valence-electron chi connectivity index (χ4n) is 4.34. The van der Waals surface area contributed by atoms with Crippen molar-refractivity contribution in [3.63, 3.8) is 0 Å². The Morgan fingerprint density at radius 2 is 1.55 bits per heavy atom. The third kappa shape index (κ3) is 3.58. The van der Waals surface area contributed by atoms with Gasteiger partial charge in [0.15, 0.2) is 5.96 Å². The Kier molecular flexibility index (Phi) is 4.68. The van der Waals surface area contributed by atoms with Crippen LogP contribution in [0.4, 0.5) is 5.69 Å². The number of rotatable bonds is 4. The maximum Gasteiger partial charge on any atom is 0.199 e. The van der Waals surface area contributed by atoms with Crippen LogP contribution in [0.5, 0.6) is 5.75 Å². The molecule has 29 heavy (non-hydrogen) atoms. The summed E-state index contributed by atoms with van der Waals surface area (Å²) in [5.41, 5.74) is 6.45. The summed E-state index contributed by atoms with van der Waals surface area (Å²) in [6.07, 6.45) is 2.01. The zero-order valence-electron chi connectivity index (χ0n) is 16.6. The van der Waals surface area contributed by atoms with Crippen molar-refractivity contribution in [2.45, 2.75) is 32.0 Å². The minimum atomic E-state index is 0.278. The van der Waals surface area contributed by atoms with Gasteiger partial charge in [-0.15, -0.1) is 0 Å². The van der Waals surface area contributed by atoms with Crippen molar-refractivity contribution in [3.05, 3.63) is 95.1 Å². The van der Waals surface area contributed by atoms with Crippen molar-refractivity contribution in [1.82, 2.24) is 4.90 Å². The van der Waals surface area contributed by atoms with E-state index in [4.69, 9.17) is 9.73 Å². The summed E-state index contributed by atoms with van der Waals surface area (Å²) < 4.78 is 5.58. The number of para-hydroxylation sites is 2. The molecule has 0 saturated heterocycles. The Balaban J connectivity index is 1.46. The Labute approximate surface area is 171 Å². The Hall–Kier alpha value is -3.27. The van der Waals surface area contributed by atoms with Crippen molar-refractivity contribution in [2.24, 2.45) is 4.99 Å². The van der Waals surface area contributed by atoms with Gasteiger partial charge in [-0.05, 0) is 41.7 Å². The average Bonchev–Trinajstić information content (AvgIpc) is 3.17. The van der Waals surface area contributed by atoms with E-state index in [1.54, 1.807) is 7.11 Å². The van der Waals surface area contributed by atoms with Crippen molar-refractivity contribution in [2.75, 3.05) is 12.4 Å². The number of benzene rings is 3. The highest BCUT2D eigenvalue weighted by Crippen LogP contribution is 2.29. The molecule has 0 amide bonds. The fraction of sp³-hybridized carbons (Fsp3) is 0.240. The molecule has 4 nitrogen and oxygen atoms in total. The number of fused-ring (bicyclic) bond motifs is 2. The molecule has 0 atom stereocenters. The molecule has 0 unspecified atom stereocenters. The van der Waals surface area contributed by atoms with Crippen LogP contribution in [0, 0.1) is 0 Å². The lowest BCUT2D eigenvalue weighted by molar-refractivity contribution is 0.369. The fourth-order valence-corrected chi connectivity index (χ4v) is 4.34. The van der Waals surface area contributed by atoms with E-state index in [0.29, 0.717) is 0 Å². The predicted octanol–water partition coefficient (Wildman–Crippen LogP) is 4.65. The second kappa shape index (κ2) is 7.63. The number of hydrogen-bond donors (Lipinski definition) is 1. The van der Waals surface area contributed by atoms with Gasteiger partial charge >= 0.3 is 0 Å². The molecule has 0 aromatic heterocycles. The second-order valence-corrected chi connectivity index (χ2v) is 7.73. The van der Waals surface area contributed by atoms with E-state index in [0.717, 1.165) is 43.3 Å². The zero-order chi connectivity index (χ0) is 19.6. The topological polar surface area (TPSA) is 36.9 Å². The smallest absolute Gasteiger partial charge is 0.199 e. The summed E-state index contributed by atoms with van der Waals surface area (Å²) in [5.74, 6) is 1.87. The minimum absolute atomic E-state index is 0.278. The van der Waals surface area contributed by atoms with Crippen LogP contribution in [0.2, 0.25) is 0 Å². The van der Waals surface area contributed by atoms with Crippen molar-refractivity contribution in [3.8, 4) is 5.75 Å². The largest absolute Gasteiger partial charge is 0.496 e. The minimum Gasteiger partial charge on any atom is -0.496 e. The Morgan fingerprint density at radius 3 is 2.31 bits per heavy atom. The number of ether oxygens (including phenoxy) is 1. The first-order valence-electron chi connectivity index (χ1n) is 10.2. The Morgan fingerprint density at radius 1 is 0.897 bits per heavy atom. The molecule has 1 heterocycles. The molecule has 0 radical (unpaired) electrons. The Bertz CT molecular complexity index is 1030. The summed E-state index contributed by atoms with van der Waals surface area (Å²) >= 11 is 0. The van der Waals surface area contributed by atoms with E-state index >= 15 is 0 Å². The van der Waals surface area contributed by atoms with Crippen LogP contribution in [-0.4, -0.2) is 24.0 Å². The summed E-state index contributed by atoms with van der Waals surface area (Å²) in [5, 5.41) is 3.59. The van der Waals surface area contributed by atoms with Gasteiger partial charge in [-0.3, -0.25) is 0 Å². The average molecular weight is 383 g/mol. The third-order valence-electron chi connectivity index (χ3n) is 5.81. The summed E-state index contributed by atoms with van der Waals surface area (Å²) in [6, 6.07) is 25.7. The number of guanidine groups is 1. The first-order valence-corrected chi connectivity index (χ1v) is 10.2. The van der Waals surface area contributed by atoms with Crippen LogP contribution in [-0.2, 0) is 25.9 Å². The number of nitrogens with zero attached hydrogens (tertiary/aromatic N) is 2. The van der Waals surface area contributed by atoms with Crippen molar-refractivity contribution < 1.29 is 4.74 Å². The quantitative estimate of drug-likeness (QED) is 0.713. The maximum absolute atomic E-state index is 5.58. The van der Waals surface area contributed by atoms with E-state index in [9.17, 15) is 0 Å². The van der Waals surface area contributed by atoms with Crippen LogP contribution in [0.3, 0.4) is 0 Å². The highest BCUT2D eigenvalue weighted by Gasteiger charge is 2.26. The predicted molar refractivity (Wildman–Crippen MR) is 117 cm³/mol.